The van der Waals surface area contributed by atoms with Crippen molar-refractivity contribution >= 4 is 46.3 Å². The first-order valence-corrected chi connectivity index (χ1v) is 11.1. The van der Waals surface area contributed by atoms with Crippen LogP contribution in [0.1, 0.15) is 6.42 Å². The summed E-state index contributed by atoms with van der Waals surface area (Å²) in [6.07, 6.45) is 5.76. The van der Waals surface area contributed by atoms with Gasteiger partial charge in [-0.1, -0.05) is 84.2 Å². The third-order valence-electron chi connectivity index (χ3n) is 5.29. The van der Waals surface area contributed by atoms with Crippen molar-refractivity contribution in [1.82, 2.24) is 0 Å². The van der Waals surface area contributed by atoms with Crippen molar-refractivity contribution in [2.75, 3.05) is 9.80 Å². The fourth-order valence-corrected chi connectivity index (χ4v) is 7.59. The lowest BCUT2D eigenvalue weighted by Gasteiger charge is -2.41. The summed E-state index contributed by atoms with van der Waals surface area (Å²) in [5, 5.41) is 0. The maximum absolute atomic E-state index is 2.50. The van der Waals surface area contributed by atoms with E-state index < -0.39 is 0 Å². The second kappa shape index (κ2) is 6.23. The van der Waals surface area contributed by atoms with Gasteiger partial charge in [-0.05, 0) is 42.8 Å². The van der Waals surface area contributed by atoms with Crippen molar-refractivity contribution in [3.8, 4) is 0 Å². The zero-order valence-electron chi connectivity index (χ0n) is 15.2. The Bertz CT molecular complexity index is 1020. The number of benzene rings is 3. The molecule has 4 heteroatoms. The third-order valence-corrected chi connectivity index (χ3v) is 8.40. The Hall–Kier alpha value is -2.56. The molecule has 0 bridgehead atoms. The van der Waals surface area contributed by atoms with E-state index in [2.05, 4.69) is 107 Å². The minimum atomic E-state index is -0.301. The molecule has 0 unspecified atom stereocenters. The first kappa shape index (κ1) is 16.4. The van der Waals surface area contributed by atoms with E-state index in [9.17, 15) is 0 Å². The van der Waals surface area contributed by atoms with Gasteiger partial charge in [0.2, 0.25) is 4.33 Å². The zero-order valence-corrected chi connectivity index (χ0v) is 16.8. The van der Waals surface area contributed by atoms with Crippen LogP contribution in [0.25, 0.3) is 0 Å². The van der Waals surface area contributed by atoms with Gasteiger partial charge in [0.25, 0.3) is 0 Å². The van der Waals surface area contributed by atoms with E-state index in [1.54, 1.807) is 0 Å². The molecule has 0 N–H and O–H groups in total. The highest BCUT2D eigenvalue weighted by atomic mass is 32.2. The highest BCUT2D eigenvalue weighted by molar-refractivity contribution is 8.26. The molecule has 1 fully saturated rings. The molecule has 2 heterocycles. The summed E-state index contributed by atoms with van der Waals surface area (Å²) >= 11 is 3.92. The summed E-state index contributed by atoms with van der Waals surface area (Å²) < 4.78 is -0.301. The summed E-state index contributed by atoms with van der Waals surface area (Å²) in [6.45, 7) is 0. The Morgan fingerprint density at radius 1 is 0.571 bits per heavy atom. The molecule has 0 radical (unpaired) electrons. The van der Waals surface area contributed by atoms with Crippen LogP contribution in [0, 0.1) is 0 Å². The molecule has 6 rings (SSSR count). The van der Waals surface area contributed by atoms with Gasteiger partial charge < -0.3 is 0 Å². The second-order valence-electron chi connectivity index (χ2n) is 6.96. The van der Waals surface area contributed by atoms with E-state index in [1.807, 2.05) is 23.5 Å². The average molecular weight is 399 g/mol. The van der Waals surface area contributed by atoms with Crippen LogP contribution >= 0.6 is 23.5 Å². The van der Waals surface area contributed by atoms with Crippen molar-refractivity contribution < 1.29 is 0 Å². The Morgan fingerprint density at radius 3 is 1.46 bits per heavy atom. The second-order valence-corrected chi connectivity index (χ2v) is 9.64. The number of hydrogen-bond acceptors (Lipinski definition) is 4. The fourth-order valence-electron chi connectivity index (χ4n) is 4.15. The molecule has 2 nitrogen and oxygen atoms in total. The molecule has 0 amide bonds. The lowest BCUT2D eigenvalue weighted by Crippen LogP contribution is -2.46. The molecule has 3 aliphatic rings. The first-order chi connectivity index (χ1) is 13.9. The van der Waals surface area contributed by atoms with E-state index in [4.69, 9.17) is 0 Å². The molecule has 1 aliphatic carbocycles. The van der Waals surface area contributed by atoms with Crippen molar-refractivity contribution in [2.24, 2.45) is 0 Å². The van der Waals surface area contributed by atoms with Gasteiger partial charge in [0, 0.05) is 21.2 Å². The van der Waals surface area contributed by atoms with E-state index in [0.717, 1.165) is 6.42 Å². The number of fused-ring (bicyclic) bond motifs is 2. The standard InChI is InChI=1S/C24H18N2S2/c1-3-10-18(11-4-1)25-20-14-7-8-15-21(20)26(19-12-5-2-6-13-19)24(25)27-22-16-9-17-23(22)28-24/h1-8,10-17H,9H2. The van der Waals surface area contributed by atoms with Gasteiger partial charge in [0.15, 0.2) is 0 Å². The van der Waals surface area contributed by atoms with Crippen LogP contribution in [0.2, 0.25) is 0 Å². The number of thioether (sulfide) groups is 2. The van der Waals surface area contributed by atoms with Gasteiger partial charge in [0.05, 0.1) is 11.4 Å². The minimum Gasteiger partial charge on any atom is -0.298 e. The van der Waals surface area contributed by atoms with E-state index in [-0.39, 0.29) is 4.33 Å². The number of anilines is 4. The quantitative estimate of drug-likeness (QED) is 0.449. The summed E-state index contributed by atoms with van der Waals surface area (Å²) in [4.78, 5) is 7.81. The molecular weight excluding hydrogens is 380 g/mol. The lowest BCUT2D eigenvalue weighted by atomic mass is 10.2. The third kappa shape index (κ3) is 2.25. The van der Waals surface area contributed by atoms with Crippen molar-refractivity contribution in [3.05, 3.63) is 107 Å². The molecule has 0 saturated carbocycles. The van der Waals surface area contributed by atoms with Crippen LogP contribution in [0.15, 0.2) is 107 Å². The SMILES string of the molecule is C1=C2SC3(SC2=CC1)N(c1ccccc1)c1ccccc1N3c1ccccc1. The maximum atomic E-state index is 2.50. The van der Waals surface area contributed by atoms with Crippen molar-refractivity contribution in [2.45, 2.75) is 10.7 Å². The molecule has 3 aromatic rings. The van der Waals surface area contributed by atoms with Crippen molar-refractivity contribution in [3.63, 3.8) is 0 Å². The van der Waals surface area contributed by atoms with Gasteiger partial charge in [-0.25, -0.2) is 0 Å². The van der Waals surface area contributed by atoms with Crippen LogP contribution in [0.4, 0.5) is 22.7 Å². The monoisotopic (exact) mass is 398 g/mol. The molecule has 1 saturated heterocycles. The van der Waals surface area contributed by atoms with Crippen LogP contribution in [0.5, 0.6) is 0 Å². The molecule has 136 valence electrons. The number of rotatable bonds is 2. The van der Waals surface area contributed by atoms with Crippen molar-refractivity contribution in [1.29, 1.82) is 0 Å². The van der Waals surface area contributed by atoms with Gasteiger partial charge in [-0.2, -0.15) is 0 Å². The lowest BCUT2D eigenvalue weighted by molar-refractivity contribution is 0.872. The largest absolute Gasteiger partial charge is 0.298 e. The zero-order chi connectivity index (χ0) is 18.6. The molecular formula is C24H18N2S2. The molecule has 3 aromatic carbocycles. The smallest absolute Gasteiger partial charge is 0.229 e. The highest BCUT2D eigenvalue weighted by Gasteiger charge is 2.57. The average Bonchev–Trinajstić information content (AvgIpc) is 3.39. The summed E-state index contributed by atoms with van der Waals surface area (Å²) in [6, 6.07) is 30.3. The van der Waals surface area contributed by atoms with E-state index in [1.165, 1.54) is 32.6 Å². The molecule has 28 heavy (non-hydrogen) atoms. The number of para-hydroxylation sites is 4. The normalized spacial score (nSPS) is 18.9. The molecule has 2 aliphatic heterocycles. The van der Waals surface area contributed by atoms with E-state index in [0.29, 0.717) is 0 Å². The number of allylic oxidation sites excluding steroid dienone is 2. The van der Waals surface area contributed by atoms with Gasteiger partial charge in [-0.3, -0.25) is 9.80 Å². The molecule has 0 atom stereocenters. The van der Waals surface area contributed by atoms with Crippen LogP contribution in [-0.4, -0.2) is 4.33 Å². The Kier molecular flexibility index (Phi) is 3.65. The predicted octanol–water partition coefficient (Wildman–Crippen LogP) is 7.24. The van der Waals surface area contributed by atoms with Crippen LogP contribution in [0.3, 0.4) is 0 Å². The van der Waals surface area contributed by atoms with E-state index >= 15 is 0 Å². The Balaban J connectivity index is 1.63. The highest BCUT2D eigenvalue weighted by Crippen LogP contribution is 2.70. The maximum Gasteiger partial charge on any atom is 0.229 e. The van der Waals surface area contributed by atoms with Gasteiger partial charge >= 0.3 is 0 Å². The Labute approximate surface area is 173 Å². The number of nitrogens with zero attached hydrogens (tertiary/aromatic N) is 2. The molecule has 1 spiro atoms. The fraction of sp³-hybridized carbons (Fsp3) is 0.0833. The first-order valence-electron chi connectivity index (χ1n) is 9.45. The summed E-state index contributed by atoms with van der Waals surface area (Å²) in [5.41, 5.74) is 4.93. The Morgan fingerprint density at radius 2 is 1.00 bits per heavy atom. The topological polar surface area (TPSA) is 6.48 Å². The minimum absolute atomic E-state index is 0.301. The van der Waals surface area contributed by atoms with Gasteiger partial charge in [0.1, 0.15) is 0 Å². The summed E-state index contributed by atoms with van der Waals surface area (Å²) in [7, 11) is 0. The van der Waals surface area contributed by atoms with Crippen LogP contribution < -0.4 is 9.80 Å². The summed E-state index contributed by atoms with van der Waals surface area (Å²) in [5.74, 6) is 0. The van der Waals surface area contributed by atoms with Crippen LogP contribution in [-0.2, 0) is 0 Å². The molecule has 0 aromatic heterocycles. The number of hydrogen-bond donors (Lipinski definition) is 0. The van der Waals surface area contributed by atoms with Gasteiger partial charge in [-0.15, -0.1) is 0 Å². The predicted molar refractivity (Wildman–Crippen MR) is 122 cm³/mol.